The van der Waals surface area contributed by atoms with Crippen molar-refractivity contribution < 1.29 is 17.9 Å². The first kappa shape index (κ1) is 17.2. The Kier molecular flexibility index (Phi) is 5.28. The van der Waals surface area contributed by atoms with Crippen LogP contribution >= 0.6 is 0 Å². The molecule has 6 nitrogen and oxygen atoms in total. The molecule has 0 aromatic heterocycles. The van der Waals surface area contributed by atoms with E-state index in [0.717, 1.165) is 26.0 Å². The van der Waals surface area contributed by atoms with Crippen molar-refractivity contribution in [2.24, 2.45) is 0 Å². The van der Waals surface area contributed by atoms with Crippen molar-refractivity contribution in [1.29, 1.82) is 0 Å². The maximum absolute atomic E-state index is 12.9. The van der Waals surface area contributed by atoms with Crippen molar-refractivity contribution in [2.45, 2.75) is 57.2 Å². The number of hydrogen-bond acceptors (Lipinski definition) is 5. The van der Waals surface area contributed by atoms with E-state index in [1.807, 2.05) is 4.90 Å². The number of carbonyl (C=O) groups is 1. The van der Waals surface area contributed by atoms with Crippen LogP contribution in [0.3, 0.4) is 0 Å². The molecule has 1 aliphatic carbocycles. The summed E-state index contributed by atoms with van der Waals surface area (Å²) in [5.74, 6) is 0.380. The monoisotopic (exact) mass is 344 g/mol. The van der Waals surface area contributed by atoms with Crippen molar-refractivity contribution in [3.63, 3.8) is 0 Å². The zero-order chi connectivity index (χ0) is 16.4. The van der Waals surface area contributed by atoms with Crippen molar-refractivity contribution in [3.05, 3.63) is 0 Å². The third-order valence-corrected chi connectivity index (χ3v) is 6.95. The van der Waals surface area contributed by atoms with Crippen molar-refractivity contribution >= 4 is 15.7 Å². The lowest BCUT2D eigenvalue weighted by atomic mass is 10.1. The molecular formula is C16H28N2O4S. The van der Waals surface area contributed by atoms with Crippen LogP contribution in [0.15, 0.2) is 0 Å². The summed E-state index contributed by atoms with van der Waals surface area (Å²) in [7, 11) is -2.99. The molecule has 0 N–H and O–H groups in total. The minimum Gasteiger partial charge on any atom is -0.376 e. The first-order valence-corrected chi connectivity index (χ1v) is 10.7. The van der Waals surface area contributed by atoms with E-state index in [-0.39, 0.29) is 29.6 Å². The Balaban J connectivity index is 1.66. The van der Waals surface area contributed by atoms with Gasteiger partial charge in [-0.1, -0.05) is 6.92 Å². The summed E-state index contributed by atoms with van der Waals surface area (Å²) in [6.07, 6.45) is 4.96. The van der Waals surface area contributed by atoms with Crippen LogP contribution in [-0.2, 0) is 19.4 Å². The van der Waals surface area contributed by atoms with E-state index in [0.29, 0.717) is 25.6 Å². The molecule has 132 valence electrons. The average molecular weight is 344 g/mol. The molecular weight excluding hydrogens is 316 g/mol. The SMILES string of the molecule is CCN(CC(=O)N(C[C@@H]1CCCO1)[C@@H]1CCS(=O)(=O)C1)C1CC1. The molecule has 2 atom stereocenters. The fourth-order valence-electron chi connectivity index (χ4n) is 3.69. The molecule has 1 amide bonds. The minimum absolute atomic E-state index is 0.0661. The second kappa shape index (κ2) is 7.07. The molecule has 7 heteroatoms. The number of amides is 1. The van der Waals surface area contributed by atoms with Crippen molar-refractivity contribution in [1.82, 2.24) is 9.80 Å². The van der Waals surface area contributed by atoms with Gasteiger partial charge in [-0.05, 0) is 38.6 Å². The van der Waals surface area contributed by atoms with Crippen molar-refractivity contribution in [2.75, 3.05) is 37.7 Å². The van der Waals surface area contributed by atoms with E-state index in [1.165, 1.54) is 12.8 Å². The molecule has 2 aliphatic heterocycles. The largest absolute Gasteiger partial charge is 0.376 e. The number of sulfone groups is 1. The van der Waals surface area contributed by atoms with Gasteiger partial charge in [0.25, 0.3) is 0 Å². The maximum atomic E-state index is 12.9. The average Bonchev–Trinajstić information content (AvgIpc) is 3.10. The Morgan fingerprint density at radius 3 is 2.48 bits per heavy atom. The molecule has 0 radical (unpaired) electrons. The topological polar surface area (TPSA) is 66.9 Å². The first-order valence-electron chi connectivity index (χ1n) is 8.84. The third-order valence-electron chi connectivity index (χ3n) is 5.20. The molecule has 1 saturated carbocycles. The molecule has 3 fully saturated rings. The highest BCUT2D eigenvalue weighted by molar-refractivity contribution is 7.91. The Morgan fingerprint density at radius 2 is 1.96 bits per heavy atom. The van der Waals surface area contributed by atoms with Crippen LogP contribution in [-0.4, -0.2) is 80.1 Å². The van der Waals surface area contributed by atoms with E-state index in [2.05, 4.69) is 11.8 Å². The molecule has 0 aromatic rings. The van der Waals surface area contributed by atoms with Crippen LogP contribution in [0.2, 0.25) is 0 Å². The zero-order valence-electron chi connectivity index (χ0n) is 13.9. The molecule has 0 unspecified atom stereocenters. The van der Waals surface area contributed by atoms with E-state index in [1.54, 1.807) is 0 Å². The highest BCUT2D eigenvalue weighted by atomic mass is 32.2. The Labute approximate surface area is 139 Å². The standard InChI is InChI=1S/C16H28N2O4S/c1-2-17(13-5-6-13)11-16(19)18(10-15-4-3-8-22-15)14-7-9-23(20,21)12-14/h13-15H,2-12H2,1H3/t14-,15+/m1/s1. The van der Waals surface area contributed by atoms with Gasteiger partial charge in [0.05, 0.1) is 24.2 Å². The molecule has 3 rings (SSSR count). The van der Waals surface area contributed by atoms with Gasteiger partial charge in [0, 0.05) is 25.2 Å². The van der Waals surface area contributed by atoms with E-state index >= 15 is 0 Å². The molecule has 0 bridgehead atoms. The lowest BCUT2D eigenvalue weighted by Gasteiger charge is -2.32. The Hall–Kier alpha value is -0.660. The predicted molar refractivity (Wildman–Crippen MR) is 88.0 cm³/mol. The van der Waals surface area contributed by atoms with Crippen LogP contribution in [0, 0.1) is 0 Å². The molecule has 2 heterocycles. The van der Waals surface area contributed by atoms with Crippen LogP contribution in [0.4, 0.5) is 0 Å². The third kappa shape index (κ3) is 4.45. The highest BCUT2D eigenvalue weighted by Gasteiger charge is 2.38. The first-order chi connectivity index (χ1) is 11.0. The summed E-state index contributed by atoms with van der Waals surface area (Å²) in [6.45, 7) is 4.65. The van der Waals surface area contributed by atoms with Crippen LogP contribution in [0.1, 0.15) is 39.0 Å². The van der Waals surface area contributed by atoms with Gasteiger partial charge in [0.15, 0.2) is 9.84 Å². The molecule has 23 heavy (non-hydrogen) atoms. The number of carbonyl (C=O) groups excluding carboxylic acids is 1. The normalized spacial score (nSPS) is 30.0. The lowest BCUT2D eigenvalue weighted by molar-refractivity contribution is -0.136. The summed E-state index contributed by atoms with van der Waals surface area (Å²) in [5.41, 5.74) is 0. The van der Waals surface area contributed by atoms with Gasteiger partial charge >= 0.3 is 0 Å². The van der Waals surface area contributed by atoms with Crippen molar-refractivity contribution in [3.8, 4) is 0 Å². The van der Waals surface area contributed by atoms with Gasteiger partial charge in [-0.15, -0.1) is 0 Å². The second-order valence-corrected chi connectivity index (χ2v) is 9.26. The van der Waals surface area contributed by atoms with E-state index in [9.17, 15) is 13.2 Å². The summed E-state index contributed by atoms with van der Waals surface area (Å²) < 4.78 is 29.3. The number of likely N-dealkylation sites (N-methyl/N-ethyl adjacent to an activating group) is 1. The highest BCUT2D eigenvalue weighted by Crippen LogP contribution is 2.27. The lowest BCUT2D eigenvalue weighted by Crippen LogP contribution is -2.49. The molecule has 0 aromatic carbocycles. The van der Waals surface area contributed by atoms with Crippen LogP contribution in [0.5, 0.6) is 0 Å². The summed E-state index contributed by atoms with van der Waals surface area (Å²) in [5, 5.41) is 0. The fraction of sp³-hybridized carbons (Fsp3) is 0.938. The second-order valence-electron chi connectivity index (χ2n) is 7.03. The number of ether oxygens (including phenoxy) is 1. The van der Waals surface area contributed by atoms with Gasteiger partial charge in [-0.2, -0.15) is 0 Å². The van der Waals surface area contributed by atoms with Gasteiger partial charge in [0.1, 0.15) is 0 Å². The Bertz CT molecular complexity index is 526. The van der Waals surface area contributed by atoms with Gasteiger partial charge in [0.2, 0.25) is 5.91 Å². The summed E-state index contributed by atoms with van der Waals surface area (Å²) in [6, 6.07) is 0.371. The maximum Gasteiger partial charge on any atom is 0.237 e. The van der Waals surface area contributed by atoms with E-state index in [4.69, 9.17) is 4.74 Å². The molecule has 2 saturated heterocycles. The molecule has 3 aliphatic rings. The smallest absolute Gasteiger partial charge is 0.237 e. The van der Waals surface area contributed by atoms with Gasteiger partial charge < -0.3 is 9.64 Å². The van der Waals surface area contributed by atoms with Crippen LogP contribution in [0.25, 0.3) is 0 Å². The minimum atomic E-state index is -2.99. The van der Waals surface area contributed by atoms with Crippen LogP contribution < -0.4 is 0 Å². The quantitative estimate of drug-likeness (QED) is 0.679. The summed E-state index contributed by atoms with van der Waals surface area (Å²) in [4.78, 5) is 16.9. The zero-order valence-corrected chi connectivity index (χ0v) is 14.8. The number of rotatable bonds is 7. The molecule has 0 spiro atoms. The van der Waals surface area contributed by atoms with Gasteiger partial charge in [-0.3, -0.25) is 9.69 Å². The Morgan fingerprint density at radius 1 is 1.17 bits per heavy atom. The number of hydrogen-bond donors (Lipinski definition) is 0. The fourth-order valence-corrected chi connectivity index (χ4v) is 5.42. The van der Waals surface area contributed by atoms with Gasteiger partial charge in [-0.25, -0.2) is 8.42 Å². The summed E-state index contributed by atoms with van der Waals surface area (Å²) >= 11 is 0. The number of nitrogens with zero attached hydrogens (tertiary/aromatic N) is 2. The predicted octanol–water partition coefficient (Wildman–Crippen LogP) is 0.665. The van der Waals surface area contributed by atoms with E-state index < -0.39 is 9.84 Å².